The van der Waals surface area contributed by atoms with Gasteiger partial charge in [-0.15, -0.1) is 11.8 Å². The van der Waals surface area contributed by atoms with Crippen LogP contribution >= 0.6 is 11.8 Å². The average molecular weight is 223 g/mol. The van der Waals surface area contributed by atoms with Crippen molar-refractivity contribution in [2.75, 3.05) is 13.4 Å². The molecular weight excluding hydrogens is 210 g/mol. The fraction of sp³-hybridized carbons (Fsp3) is 0.364. The molecule has 0 bridgehead atoms. The lowest BCUT2D eigenvalue weighted by Gasteiger charge is -2.11. The molecule has 80 valence electrons. The normalized spacial score (nSPS) is 11.7. The third kappa shape index (κ3) is 2.85. The molecule has 0 aliphatic carbocycles. The first-order chi connectivity index (χ1) is 7.22. The van der Waals surface area contributed by atoms with Crippen molar-refractivity contribution in [3.63, 3.8) is 0 Å². The first kappa shape index (κ1) is 11.8. The Balaban J connectivity index is 3.16. The molecule has 0 aliphatic rings. The Bertz CT molecular complexity index is 386. The van der Waals surface area contributed by atoms with E-state index in [1.807, 2.05) is 31.4 Å². The van der Waals surface area contributed by atoms with Crippen LogP contribution < -0.4 is 4.74 Å². The Hall–Kier alpha value is -1.25. The van der Waals surface area contributed by atoms with E-state index in [4.69, 9.17) is 4.74 Å². The Morgan fingerprint density at radius 3 is 2.80 bits per heavy atom. The molecule has 0 amide bonds. The number of ether oxygens (including phenoxy) is 1. The summed E-state index contributed by atoms with van der Waals surface area (Å²) >= 11 is 1.64. The molecule has 0 saturated carbocycles. The highest BCUT2D eigenvalue weighted by Gasteiger charge is 2.10. The smallest absolute Gasteiger partial charge is 0.235 e. The maximum atomic E-state index is 10.2. The summed E-state index contributed by atoms with van der Waals surface area (Å²) in [6, 6.07) is 5.63. The van der Waals surface area contributed by atoms with Crippen LogP contribution in [0.1, 0.15) is 18.5 Å². The second-order valence-corrected chi connectivity index (χ2v) is 3.88. The highest BCUT2D eigenvalue weighted by atomic mass is 32.2. The van der Waals surface area contributed by atoms with E-state index in [1.165, 1.54) is 0 Å². The van der Waals surface area contributed by atoms with Crippen molar-refractivity contribution in [3.05, 3.63) is 23.8 Å². The minimum Gasteiger partial charge on any atom is -0.496 e. The molecule has 1 rings (SSSR count). The number of thioether (sulfide) groups is 1. The molecule has 0 fully saturated rings. The van der Waals surface area contributed by atoms with Crippen LogP contribution in [0.15, 0.2) is 28.1 Å². The summed E-state index contributed by atoms with van der Waals surface area (Å²) in [7, 11) is 1.61. The first-order valence-corrected chi connectivity index (χ1v) is 5.74. The van der Waals surface area contributed by atoms with E-state index in [0.717, 1.165) is 16.2 Å². The quantitative estimate of drug-likeness (QED) is 0.447. The Labute approximate surface area is 93.5 Å². The Kier molecular flexibility index (Phi) is 4.40. The highest BCUT2D eigenvalue weighted by Crippen LogP contribution is 2.30. The number of carbonyl (C=O) groups excluding carboxylic acids is 1. The number of aliphatic imine (C=N–C) groups is 1. The summed E-state index contributed by atoms with van der Waals surface area (Å²) in [5, 5.41) is 0. The Morgan fingerprint density at radius 1 is 1.53 bits per heavy atom. The lowest BCUT2D eigenvalue weighted by atomic mass is 10.1. The van der Waals surface area contributed by atoms with Crippen LogP contribution in [0.3, 0.4) is 0 Å². The van der Waals surface area contributed by atoms with Crippen LogP contribution in [0.2, 0.25) is 0 Å². The minimum atomic E-state index is -0.218. The fourth-order valence-electron chi connectivity index (χ4n) is 1.31. The molecule has 0 N–H and O–H groups in total. The largest absolute Gasteiger partial charge is 0.496 e. The topological polar surface area (TPSA) is 38.7 Å². The standard InChI is InChI=1S/C11H13NO2S/c1-8(12-7-13)10-6-9(15-3)4-5-11(10)14-2/h4-6,8H,1-3H3. The van der Waals surface area contributed by atoms with Crippen molar-refractivity contribution < 1.29 is 9.53 Å². The Morgan fingerprint density at radius 2 is 2.27 bits per heavy atom. The van der Waals surface area contributed by atoms with Gasteiger partial charge in [0.15, 0.2) is 0 Å². The number of nitrogens with zero attached hydrogens (tertiary/aromatic N) is 1. The summed E-state index contributed by atoms with van der Waals surface area (Å²) in [6.45, 7) is 1.84. The molecule has 0 radical (unpaired) electrons. The van der Waals surface area contributed by atoms with Gasteiger partial charge < -0.3 is 4.74 Å². The molecule has 1 unspecified atom stereocenters. The van der Waals surface area contributed by atoms with Gasteiger partial charge in [-0.3, -0.25) is 0 Å². The van der Waals surface area contributed by atoms with Crippen molar-refractivity contribution in [1.82, 2.24) is 0 Å². The molecule has 0 saturated heterocycles. The maximum absolute atomic E-state index is 10.2. The summed E-state index contributed by atoms with van der Waals surface area (Å²) in [5.74, 6) is 0.749. The molecule has 1 aromatic carbocycles. The van der Waals surface area contributed by atoms with E-state index < -0.39 is 0 Å². The van der Waals surface area contributed by atoms with Gasteiger partial charge in [0.1, 0.15) is 5.75 Å². The zero-order valence-corrected chi connectivity index (χ0v) is 9.80. The second-order valence-electron chi connectivity index (χ2n) is 3.00. The predicted molar refractivity (Wildman–Crippen MR) is 61.3 cm³/mol. The van der Waals surface area contributed by atoms with Gasteiger partial charge >= 0.3 is 0 Å². The van der Waals surface area contributed by atoms with Crippen LogP contribution in [0.4, 0.5) is 0 Å². The van der Waals surface area contributed by atoms with Crippen molar-refractivity contribution in [2.24, 2.45) is 4.99 Å². The predicted octanol–water partition coefficient (Wildman–Crippen LogP) is 2.81. The summed E-state index contributed by atoms with van der Waals surface area (Å²) in [4.78, 5) is 15.0. The third-order valence-electron chi connectivity index (χ3n) is 2.13. The van der Waals surface area contributed by atoms with Crippen molar-refractivity contribution >= 4 is 17.8 Å². The van der Waals surface area contributed by atoms with Gasteiger partial charge in [0.05, 0.1) is 13.2 Å². The summed E-state index contributed by atoms with van der Waals surface area (Å²) < 4.78 is 5.21. The van der Waals surface area contributed by atoms with E-state index in [1.54, 1.807) is 25.0 Å². The number of hydrogen-bond donors (Lipinski definition) is 0. The van der Waals surface area contributed by atoms with Crippen molar-refractivity contribution in [1.29, 1.82) is 0 Å². The van der Waals surface area contributed by atoms with Gasteiger partial charge in [-0.25, -0.2) is 4.79 Å². The van der Waals surface area contributed by atoms with Crippen LogP contribution in [0.5, 0.6) is 5.75 Å². The van der Waals surface area contributed by atoms with Gasteiger partial charge in [0.2, 0.25) is 6.08 Å². The molecule has 0 aromatic heterocycles. The molecule has 0 aliphatic heterocycles. The van der Waals surface area contributed by atoms with E-state index in [0.29, 0.717) is 0 Å². The molecular formula is C11H13NO2S. The van der Waals surface area contributed by atoms with Gasteiger partial charge in [0.25, 0.3) is 0 Å². The molecule has 1 aromatic rings. The van der Waals surface area contributed by atoms with E-state index in [9.17, 15) is 4.79 Å². The lowest BCUT2D eigenvalue weighted by molar-refractivity contribution is 0.406. The van der Waals surface area contributed by atoms with Gasteiger partial charge in [-0.05, 0) is 31.4 Å². The van der Waals surface area contributed by atoms with Crippen LogP contribution in [0, 0.1) is 0 Å². The summed E-state index contributed by atoms with van der Waals surface area (Å²) in [6.07, 6.45) is 3.57. The SMILES string of the molecule is COc1ccc(SC)cc1C(C)N=C=O. The zero-order valence-electron chi connectivity index (χ0n) is 8.98. The maximum Gasteiger partial charge on any atom is 0.235 e. The van der Waals surface area contributed by atoms with Gasteiger partial charge in [-0.1, -0.05) is 0 Å². The second kappa shape index (κ2) is 5.59. The fourth-order valence-corrected chi connectivity index (χ4v) is 1.76. The first-order valence-electron chi connectivity index (χ1n) is 4.51. The van der Waals surface area contributed by atoms with Crippen molar-refractivity contribution in [3.8, 4) is 5.75 Å². The van der Waals surface area contributed by atoms with E-state index >= 15 is 0 Å². The number of isocyanates is 1. The van der Waals surface area contributed by atoms with E-state index in [2.05, 4.69) is 4.99 Å². The molecule has 15 heavy (non-hydrogen) atoms. The monoisotopic (exact) mass is 223 g/mol. The van der Waals surface area contributed by atoms with Crippen LogP contribution in [0.25, 0.3) is 0 Å². The summed E-state index contributed by atoms with van der Waals surface area (Å²) in [5.41, 5.74) is 0.910. The van der Waals surface area contributed by atoms with Crippen LogP contribution in [-0.4, -0.2) is 19.4 Å². The zero-order chi connectivity index (χ0) is 11.3. The lowest BCUT2D eigenvalue weighted by Crippen LogP contribution is -1.95. The molecule has 1 atom stereocenters. The number of methoxy groups -OCH3 is 1. The van der Waals surface area contributed by atoms with Crippen LogP contribution in [-0.2, 0) is 4.79 Å². The molecule has 0 spiro atoms. The minimum absolute atomic E-state index is 0.218. The molecule has 4 heteroatoms. The van der Waals surface area contributed by atoms with Gasteiger partial charge in [-0.2, -0.15) is 4.99 Å². The highest BCUT2D eigenvalue weighted by molar-refractivity contribution is 7.98. The number of hydrogen-bond acceptors (Lipinski definition) is 4. The van der Waals surface area contributed by atoms with Gasteiger partial charge in [0, 0.05) is 10.5 Å². The van der Waals surface area contributed by atoms with E-state index in [-0.39, 0.29) is 6.04 Å². The molecule has 0 heterocycles. The van der Waals surface area contributed by atoms with Crippen molar-refractivity contribution in [2.45, 2.75) is 17.9 Å². The average Bonchev–Trinajstić information content (AvgIpc) is 2.28. The molecule has 3 nitrogen and oxygen atoms in total. The number of benzene rings is 1. The number of rotatable bonds is 4. The third-order valence-corrected chi connectivity index (χ3v) is 2.86.